The van der Waals surface area contributed by atoms with E-state index in [9.17, 15) is 24.8 Å². The molecule has 130 valence electrons. The topological polar surface area (TPSA) is 110 Å². The van der Waals surface area contributed by atoms with Crippen molar-refractivity contribution in [2.45, 2.75) is 44.6 Å². The van der Waals surface area contributed by atoms with E-state index < -0.39 is 22.3 Å². The van der Waals surface area contributed by atoms with Crippen LogP contribution in [0.25, 0.3) is 0 Å². The molecule has 0 unspecified atom stereocenters. The predicted octanol–water partition coefficient (Wildman–Crippen LogP) is 3.05. The third-order valence-corrected chi connectivity index (χ3v) is 5.25. The van der Waals surface area contributed by atoms with Crippen molar-refractivity contribution < 1.29 is 19.6 Å². The molecular weight excluding hydrogens is 380 g/mol. The molecule has 1 amide bonds. The van der Waals surface area contributed by atoms with E-state index in [0.29, 0.717) is 28.8 Å². The molecule has 7 nitrogen and oxygen atoms in total. The van der Waals surface area contributed by atoms with Crippen LogP contribution >= 0.6 is 15.9 Å². The summed E-state index contributed by atoms with van der Waals surface area (Å²) in [6.07, 6.45) is 2.30. The Labute approximate surface area is 147 Å². The lowest BCUT2D eigenvalue weighted by atomic mass is 9.77. The summed E-state index contributed by atoms with van der Waals surface area (Å²) in [4.78, 5) is 34.2. The molecule has 24 heavy (non-hydrogen) atoms. The summed E-state index contributed by atoms with van der Waals surface area (Å²) < 4.78 is 0.452. The highest BCUT2D eigenvalue weighted by atomic mass is 79.9. The predicted molar refractivity (Wildman–Crippen MR) is 90.6 cm³/mol. The smallest absolute Gasteiger partial charge is 0.329 e. The molecule has 1 fully saturated rings. The normalized spacial score (nSPS) is 23.5. The number of halogens is 1. The standard InChI is InChI=1S/C16H19BrN2O5/c1-10-4-6-16(7-5-10,15(21)22)18-14(20)8-11-2-3-12(19(23)24)9-13(11)17/h2-3,9-10H,4-8H2,1H3,(H,18,20)(H,21,22). The Hall–Kier alpha value is -1.96. The number of carbonyl (C=O) groups is 2. The Morgan fingerprint density at radius 1 is 1.42 bits per heavy atom. The molecular formula is C16H19BrN2O5. The first-order chi connectivity index (χ1) is 11.2. The quantitative estimate of drug-likeness (QED) is 0.584. The lowest BCUT2D eigenvalue weighted by molar-refractivity contribution is -0.384. The van der Waals surface area contributed by atoms with E-state index in [0.717, 1.165) is 12.8 Å². The van der Waals surface area contributed by atoms with Crippen LogP contribution in [0.2, 0.25) is 0 Å². The molecule has 1 saturated carbocycles. The van der Waals surface area contributed by atoms with Crippen molar-refractivity contribution in [3.8, 4) is 0 Å². The second kappa shape index (κ2) is 7.29. The van der Waals surface area contributed by atoms with E-state index in [-0.39, 0.29) is 12.1 Å². The van der Waals surface area contributed by atoms with Crippen LogP contribution in [0.15, 0.2) is 22.7 Å². The molecule has 0 spiro atoms. The van der Waals surface area contributed by atoms with Crippen LogP contribution in [0, 0.1) is 16.0 Å². The minimum absolute atomic E-state index is 0.0385. The number of nitro groups is 1. The van der Waals surface area contributed by atoms with Gasteiger partial charge in [0.25, 0.3) is 5.69 Å². The maximum Gasteiger partial charge on any atom is 0.329 e. The van der Waals surface area contributed by atoms with Crippen molar-refractivity contribution in [3.05, 3.63) is 38.3 Å². The van der Waals surface area contributed by atoms with Crippen LogP contribution in [-0.4, -0.2) is 27.4 Å². The van der Waals surface area contributed by atoms with E-state index >= 15 is 0 Å². The van der Waals surface area contributed by atoms with E-state index in [2.05, 4.69) is 28.2 Å². The van der Waals surface area contributed by atoms with Crippen LogP contribution in [0.1, 0.15) is 38.2 Å². The van der Waals surface area contributed by atoms with Gasteiger partial charge in [-0.15, -0.1) is 0 Å². The van der Waals surface area contributed by atoms with E-state index in [4.69, 9.17) is 0 Å². The van der Waals surface area contributed by atoms with Gasteiger partial charge in [0.15, 0.2) is 0 Å². The van der Waals surface area contributed by atoms with Gasteiger partial charge in [0.1, 0.15) is 5.54 Å². The Morgan fingerprint density at radius 2 is 2.04 bits per heavy atom. The summed E-state index contributed by atoms with van der Waals surface area (Å²) in [6.45, 7) is 2.07. The largest absolute Gasteiger partial charge is 0.480 e. The molecule has 1 aromatic rings. The Kier molecular flexibility index (Phi) is 5.58. The Bertz CT molecular complexity index is 668. The zero-order valence-corrected chi connectivity index (χ0v) is 14.8. The number of carbonyl (C=O) groups excluding carboxylic acids is 1. The number of aliphatic carboxylic acids is 1. The number of amides is 1. The number of hydrogen-bond donors (Lipinski definition) is 2. The molecule has 1 aliphatic carbocycles. The molecule has 0 bridgehead atoms. The molecule has 8 heteroatoms. The van der Waals surface area contributed by atoms with E-state index in [1.165, 1.54) is 18.2 Å². The van der Waals surface area contributed by atoms with Crippen molar-refractivity contribution in [2.24, 2.45) is 5.92 Å². The third-order valence-electron chi connectivity index (χ3n) is 4.51. The van der Waals surface area contributed by atoms with Crippen LogP contribution < -0.4 is 5.32 Å². The first-order valence-corrected chi connectivity index (χ1v) is 8.50. The monoisotopic (exact) mass is 398 g/mol. The van der Waals surface area contributed by atoms with Gasteiger partial charge in [0.2, 0.25) is 5.91 Å². The summed E-state index contributed by atoms with van der Waals surface area (Å²) >= 11 is 3.22. The van der Waals surface area contributed by atoms with Crippen molar-refractivity contribution >= 4 is 33.5 Å². The third kappa shape index (κ3) is 4.11. The number of carboxylic acid groups (broad SMARTS) is 1. The zero-order chi connectivity index (χ0) is 17.9. The fourth-order valence-corrected chi connectivity index (χ4v) is 3.43. The van der Waals surface area contributed by atoms with Crippen molar-refractivity contribution in [3.63, 3.8) is 0 Å². The maximum atomic E-state index is 12.3. The van der Waals surface area contributed by atoms with Gasteiger partial charge in [-0.2, -0.15) is 0 Å². The minimum atomic E-state index is -1.21. The highest BCUT2D eigenvalue weighted by molar-refractivity contribution is 9.10. The molecule has 0 atom stereocenters. The fraction of sp³-hybridized carbons (Fsp3) is 0.500. The molecule has 0 saturated heterocycles. The number of carboxylic acids is 1. The van der Waals surface area contributed by atoms with Crippen molar-refractivity contribution in [1.82, 2.24) is 5.32 Å². The molecule has 2 rings (SSSR count). The molecule has 0 aliphatic heterocycles. The van der Waals surface area contributed by atoms with Gasteiger partial charge < -0.3 is 10.4 Å². The SMILES string of the molecule is CC1CCC(NC(=O)Cc2ccc([N+](=O)[O-])cc2Br)(C(=O)O)CC1. The fourth-order valence-electron chi connectivity index (χ4n) is 2.92. The summed E-state index contributed by atoms with van der Waals surface area (Å²) in [5, 5.41) is 22.9. The first-order valence-electron chi connectivity index (χ1n) is 7.71. The zero-order valence-electron chi connectivity index (χ0n) is 13.3. The highest BCUT2D eigenvalue weighted by Gasteiger charge is 2.42. The second-order valence-corrected chi connectivity index (χ2v) is 7.18. The van der Waals surface area contributed by atoms with Crippen LogP contribution in [0.3, 0.4) is 0 Å². The number of non-ortho nitro benzene ring substituents is 1. The molecule has 2 N–H and O–H groups in total. The number of nitro benzene ring substituents is 1. The highest BCUT2D eigenvalue weighted by Crippen LogP contribution is 2.32. The average Bonchev–Trinajstić information content (AvgIpc) is 2.51. The van der Waals surface area contributed by atoms with Crippen LogP contribution in [0.4, 0.5) is 5.69 Å². The molecule has 0 heterocycles. The molecule has 0 aromatic heterocycles. The van der Waals surface area contributed by atoms with Gasteiger partial charge >= 0.3 is 5.97 Å². The summed E-state index contributed by atoms with van der Waals surface area (Å²) in [7, 11) is 0. The Balaban J connectivity index is 2.09. The number of nitrogens with zero attached hydrogens (tertiary/aromatic N) is 1. The summed E-state index contributed by atoms with van der Waals surface area (Å²) in [5.74, 6) is -0.954. The van der Waals surface area contributed by atoms with E-state index in [1.54, 1.807) is 0 Å². The summed E-state index contributed by atoms with van der Waals surface area (Å²) in [5.41, 5.74) is -0.714. The van der Waals surface area contributed by atoms with E-state index in [1.807, 2.05) is 0 Å². The number of hydrogen-bond acceptors (Lipinski definition) is 4. The number of nitrogens with one attached hydrogen (secondary N) is 1. The lowest BCUT2D eigenvalue weighted by Crippen LogP contribution is -2.56. The van der Waals surface area contributed by atoms with Gasteiger partial charge in [0.05, 0.1) is 11.3 Å². The van der Waals surface area contributed by atoms with Gasteiger partial charge in [-0.1, -0.05) is 28.9 Å². The van der Waals surface area contributed by atoms with Crippen LogP contribution in [0.5, 0.6) is 0 Å². The van der Waals surface area contributed by atoms with Crippen LogP contribution in [-0.2, 0) is 16.0 Å². The molecule has 1 aromatic carbocycles. The van der Waals surface area contributed by atoms with Gasteiger partial charge in [0, 0.05) is 16.6 Å². The minimum Gasteiger partial charge on any atom is -0.480 e. The lowest BCUT2D eigenvalue weighted by Gasteiger charge is -2.36. The van der Waals surface area contributed by atoms with Crippen molar-refractivity contribution in [1.29, 1.82) is 0 Å². The van der Waals surface area contributed by atoms with Crippen molar-refractivity contribution in [2.75, 3.05) is 0 Å². The molecule has 1 aliphatic rings. The van der Waals surface area contributed by atoms with Gasteiger partial charge in [-0.05, 0) is 37.2 Å². The number of benzene rings is 1. The van der Waals surface area contributed by atoms with Gasteiger partial charge in [-0.25, -0.2) is 4.79 Å². The second-order valence-electron chi connectivity index (χ2n) is 6.33. The average molecular weight is 399 g/mol. The molecule has 0 radical (unpaired) electrons. The number of rotatable bonds is 5. The Morgan fingerprint density at radius 3 is 2.54 bits per heavy atom. The summed E-state index contributed by atoms with van der Waals surface area (Å²) in [6, 6.07) is 4.15. The first kappa shape index (κ1) is 18.4. The van der Waals surface area contributed by atoms with Gasteiger partial charge in [-0.3, -0.25) is 14.9 Å². The maximum absolute atomic E-state index is 12.3.